The van der Waals surface area contributed by atoms with E-state index in [-0.39, 0.29) is 28.9 Å². The van der Waals surface area contributed by atoms with Crippen LogP contribution in [-0.4, -0.2) is 88.9 Å². The number of aromatic nitrogens is 3. The number of rotatable bonds is 6. The van der Waals surface area contributed by atoms with E-state index in [0.29, 0.717) is 46.5 Å². The van der Waals surface area contributed by atoms with Gasteiger partial charge in [0.1, 0.15) is 12.4 Å². The number of nitrogens with zero attached hydrogens (tertiary/aromatic N) is 4. The Hall–Kier alpha value is -4.01. The van der Waals surface area contributed by atoms with Crippen LogP contribution >= 0.6 is 0 Å². The SMILES string of the molecule is C#Cc1cccc2cc(O)cc(-n3ncc4c(C5CC6CNCC5CN6)nc(OC[C@@]56CCCN5C[C@H](OC)C6)cc4c3=O)c12. The Bertz CT molecular complexity index is 1900. The molecule has 4 aromatic rings. The molecule has 5 fully saturated rings. The number of nitrogens with one attached hydrogen (secondary N) is 2. The first-order valence-corrected chi connectivity index (χ1v) is 16.0. The molecule has 0 spiro atoms. The Morgan fingerprint density at radius 2 is 2.11 bits per heavy atom. The Labute approximate surface area is 261 Å². The number of pyridine rings is 1. The van der Waals surface area contributed by atoms with Gasteiger partial charge in [-0.25, -0.2) is 4.98 Å². The number of piperidine rings is 1. The normalized spacial score (nSPS) is 27.9. The number of aromatic hydroxyl groups is 1. The molecule has 2 aromatic heterocycles. The van der Waals surface area contributed by atoms with Crippen LogP contribution in [0.5, 0.6) is 11.6 Å². The molecule has 5 atom stereocenters. The van der Waals surface area contributed by atoms with Gasteiger partial charge < -0.3 is 25.2 Å². The van der Waals surface area contributed by atoms with Crippen LogP contribution in [0.4, 0.5) is 0 Å². The first-order valence-electron chi connectivity index (χ1n) is 16.0. The van der Waals surface area contributed by atoms with Crippen LogP contribution in [0.3, 0.4) is 0 Å². The lowest BCUT2D eigenvalue weighted by Gasteiger charge is -2.34. The van der Waals surface area contributed by atoms with Gasteiger partial charge in [0.25, 0.3) is 5.56 Å². The van der Waals surface area contributed by atoms with Gasteiger partial charge in [-0.1, -0.05) is 18.1 Å². The molecule has 0 amide bonds. The summed E-state index contributed by atoms with van der Waals surface area (Å²) in [5.74, 6) is 3.69. The first-order chi connectivity index (χ1) is 22.0. The number of benzene rings is 2. The second kappa shape index (κ2) is 11.1. The highest BCUT2D eigenvalue weighted by molar-refractivity contribution is 5.96. The van der Waals surface area contributed by atoms with Crippen molar-refractivity contribution in [3.05, 3.63) is 64.2 Å². The van der Waals surface area contributed by atoms with E-state index in [0.717, 1.165) is 74.9 Å². The molecule has 9 rings (SSSR count). The van der Waals surface area contributed by atoms with E-state index in [1.165, 1.54) is 4.68 Å². The molecule has 10 nitrogen and oxygen atoms in total. The van der Waals surface area contributed by atoms with E-state index in [4.69, 9.17) is 20.9 Å². The van der Waals surface area contributed by atoms with Crippen LogP contribution < -0.4 is 20.9 Å². The Balaban J connectivity index is 1.27. The smallest absolute Gasteiger partial charge is 0.279 e. The fourth-order valence-electron chi connectivity index (χ4n) is 8.37. The minimum Gasteiger partial charge on any atom is -0.508 e. The average molecular weight is 607 g/mol. The maximum absolute atomic E-state index is 14.5. The topological polar surface area (TPSA) is 114 Å². The van der Waals surface area contributed by atoms with Crippen molar-refractivity contribution in [1.29, 1.82) is 0 Å². The van der Waals surface area contributed by atoms with Crippen molar-refractivity contribution in [3.8, 4) is 29.7 Å². The quantitative estimate of drug-likeness (QED) is 0.285. The molecule has 2 bridgehead atoms. The molecule has 45 heavy (non-hydrogen) atoms. The summed E-state index contributed by atoms with van der Waals surface area (Å²) < 4.78 is 13.7. The zero-order valence-corrected chi connectivity index (χ0v) is 25.5. The second-order valence-corrected chi connectivity index (χ2v) is 13.2. The largest absolute Gasteiger partial charge is 0.508 e. The summed E-state index contributed by atoms with van der Waals surface area (Å²) in [5, 5.41) is 25.2. The van der Waals surface area contributed by atoms with Crippen molar-refractivity contribution in [2.75, 3.05) is 46.4 Å². The van der Waals surface area contributed by atoms with Gasteiger partial charge in [0.2, 0.25) is 5.88 Å². The molecule has 0 saturated carbocycles. The second-order valence-electron chi connectivity index (χ2n) is 13.2. The molecule has 3 N–H and O–H groups in total. The van der Waals surface area contributed by atoms with Gasteiger partial charge in [0.05, 0.1) is 34.6 Å². The molecule has 7 heterocycles. The number of terminal acetylenes is 1. The molecule has 3 unspecified atom stereocenters. The average Bonchev–Trinajstić information content (AvgIpc) is 3.42. The number of methoxy groups -OCH3 is 1. The molecular weight excluding hydrogens is 568 g/mol. The Morgan fingerprint density at radius 1 is 1.20 bits per heavy atom. The maximum Gasteiger partial charge on any atom is 0.279 e. The molecule has 0 radical (unpaired) electrons. The molecule has 5 saturated heterocycles. The predicted octanol–water partition coefficient (Wildman–Crippen LogP) is 2.92. The van der Waals surface area contributed by atoms with Gasteiger partial charge in [0.15, 0.2) is 0 Å². The summed E-state index contributed by atoms with van der Waals surface area (Å²) in [6, 6.07) is 10.8. The van der Waals surface area contributed by atoms with E-state index in [1.54, 1.807) is 31.5 Å². The molecular formula is C35H38N6O4. The number of hydrogen-bond donors (Lipinski definition) is 3. The fourth-order valence-corrected chi connectivity index (χ4v) is 8.37. The fraction of sp³-hybridized carbons (Fsp3) is 0.457. The molecule has 5 aliphatic heterocycles. The van der Waals surface area contributed by atoms with Crippen molar-refractivity contribution in [3.63, 3.8) is 0 Å². The van der Waals surface area contributed by atoms with E-state index in [2.05, 4.69) is 26.6 Å². The van der Waals surface area contributed by atoms with E-state index < -0.39 is 0 Å². The highest BCUT2D eigenvalue weighted by Crippen LogP contribution is 2.41. The van der Waals surface area contributed by atoms with Crippen molar-refractivity contribution >= 4 is 21.5 Å². The van der Waals surface area contributed by atoms with Crippen molar-refractivity contribution in [1.82, 2.24) is 30.3 Å². The highest BCUT2D eigenvalue weighted by Gasteiger charge is 2.49. The van der Waals surface area contributed by atoms with Crippen LogP contribution in [0.15, 0.2) is 47.4 Å². The standard InChI is InChI=1S/C35H38N6O4/c1-3-21-6-4-7-22-10-25(42)12-30(32(21)22)41-34(43)28-13-31(45-20-35-8-5-9-40(35)19-26(14-35)44-2)39-33(29(28)18-38-41)27-11-24-17-36-15-23(27)16-37-24/h1,4,6-7,10,12-13,18,23-24,26-27,36-37,42H,5,8-9,11,14-17,19-20H2,2H3/t23?,24?,26-,27?,35+/m1/s1. The van der Waals surface area contributed by atoms with Crippen LogP contribution in [0.2, 0.25) is 0 Å². The van der Waals surface area contributed by atoms with Crippen LogP contribution in [-0.2, 0) is 4.74 Å². The van der Waals surface area contributed by atoms with Gasteiger partial charge in [0, 0.05) is 67.2 Å². The predicted molar refractivity (Wildman–Crippen MR) is 172 cm³/mol. The van der Waals surface area contributed by atoms with Gasteiger partial charge in [-0.3, -0.25) is 9.69 Å². The number of ether oxygens (including phenoxy) is 2. The van der Waals surface area contributed by atoms with E-state index in [1.807, 2.05) is 18.2 Å². The van der Waals surface area contributed by atoms with Crippen LogP contribution in [0.1, 0.15) is 42.9 Å². The number of hydrogen-bond acceptors (Lipinski definition) is 9. The molecule has 5 aliphatic rings. The summed E-state index contributed by atoms with van der Waals surface area (Å²) in [4.78, 5) is 22.1. The number of phenols is 1. The molecule has 10 heteroatoms. The lowest BCUT2D eigenvalue weighted by atomic mass is 9.81. The molecule has 232 valence electrons. The van der Waals surface area contributed by atoms with Gasteiger partial charge in [-0.05, 0) is 62.2 Å². The zero-order valence-electron chi connectivity index (χ0n) is 25.5. The third-order valence-electron chi connectivity index (χ3n) is 10.6. The number of fused-ring (bicyclic) bond motifs is 7. The summed E-state index contributed by atoms with van der Waals surface area (Å²) in [6.07, 6.45) is 11.8. The summed E-state index contributed by atoms with van der Waals surface area (Å²) >= 11 is 0. The zero-order chi connectivity index (χ0) is 30.7. The van der Waals surface area contributed by atoms with E-state index >= 15 is 0 Å². The van der Waals surface area contributed by atoms with E-state index in [9.17, 15) is 9.90 Å². The Morgan fingerprint density at radius 3 is 2.98 bits per heavy atom. The van der Waals surface area contributed by atoms with Crippen LogP contribution in [0.25, 0.3) is 27.2 Å². The lowest BCUT2D eigenvalue weighted by Crippen LogP contribution is -2.43. The monoisotopic (exact) mass is 606 g/mol. The third kappa shape index (κ3) is 4.77. The highest BCUT2D eigenvalue weighted by atomic mass is 16.5. The van der Waals surface area contributed by atoms with Gasteiger partial charge in [-0.2, -0.15) is 9.78 Å². The summed E-state index contributed by atoms with van der Waals surface area (Å²) in [5.41, 5.74) is 1.53. The third-order valence-corrected chi connectivity index (χ3v) is 10.6. The lowest BCUT2D eigenvalue weighted by molar-refractivity contribution is 0.101. The van der Waals surface area contributed by atoms with Crippen molar-refractivity contribution in [2.45, 2.75) is 49.3 Å². The van der Waals surface area contributed by atoms with Crippen LogP contribution in [0, 0.1) is 18.3 Å². The van der Waals surface area contributed by atoms with Gasteiger partial charge in [-0.15, -0.1) is 6.42 Å². The van der Waals surface area contributed by atoms with Crippen molar-refractivity contribution < 1.29 is 14.6 Å². The summed E-state index contributed by atoms with van der Waals surface area (Å²) in [7, 11) is 1.78. The first kappa shape index (κ1) is 28.5. The van der Waals surface area contributed by atoms with Gasteiger partial charge >= 0.3 is 0 Å². The molecule has 2 aromatic carbocycles. The van der Waals surface area contributed by atoms with Crippen molar-refractivity contribution in [2.24, 2.45) is 5.92 Å². The minimum atomic E-state index is -0.310. The Kier molecular flexibility index (Phi) is 7.02. The summed E-state index contributed by atoms with van der Waals surface area (Å²) in [6.45, 7) is 5.13. The molecule has 0 aliphatic carbocycles. The minimum absolute atomic E-state index is 0.0284. The number of phenolic OH excluding ortho intramolecular Hbond substituents is 1. The maximum atomic E-state index is 14.5.